The van der Waals surface area contributed by atoms with E-state index in [2.05, 4.69) is 52.6 Å². The SMILES string of the molecule is CC1C(B2OC(C)(C)C(C)(C)O2)=CCN1C. The van der Waals surface area contributed by atoms with Gasteiger partial charge >= 0.3 is 7.12 Å². The minimum absolute atomic E-state index is 0.176. The second-order valence-electron chi connectivity index (χ2n) is 5.91. The third-order valence-corrected chi connectivity index (χ3v) is 4.28. The summed E-state index contributed by atoms with van der Waals surface area (Å²) in [4.78, 5) is 2.29. The molecule has 2 heterocycles. The smallest absolute Gasteiger partial charge is 0.400 e. The van der Waals surface area contributed by atoms with E-state index in [1.165, 1.54) is 5.47 Å². The van der Waals surface area contributed by atoms with Gasteiger partial charge in [-0.2, -0.15) is 0 Å². The summed E-state index contributed by atoms with van der Waals surface area (Å²) in [5, 5.41) is 0. The summed E-state index contributed by atoms with van der Waals surface area (Å²) in [6, 6.07) is 0.412. The number of rotatable bonds is 1. The fourth-order valence-electron chi connectivity index (χ4n) is 2.10. The normalized spacial score (nSPS) is 33.2. The first-order chi connectivity index (χ1) is 7.24. The van der Waals surface area contributed by atoms with Gasteiger partial charge in [0, 0.05) is 12.6 Å². The molecule has 0 spiro atoms. The third-order valence-electron chi connectivity index (χ3n) is 4.28. The maximum Gasteiger partial charge on any atom is 0.491 e. The Kier molecular flexibility index (Phi) is 2.72. The van der Waals surface area contributed by atoms with Crippen LogP contribution < -0.4 is 0 Å². The van der Waals surface area contributed by atoms with Gasteiger partial charge in [0.25, 0.3) is 0 Å². The topological polar surface area (TPSA) is 21.7 Å². The molecule has 4 heteroatoms. The average Bonchev–Trinajstić information content (AvgIpc) is 2.54. The molecule has 0 saturated carbocycles. The van der Waals surface area contributed by atoms with Gasteiger partial charge in [-0.1, -0.05) is 6.08 Å². The maximum atomic E-state index is 6.05. The number of likely N-dealkylation sites (N-methyl/N-ethyl adjacent to an activating group) is 1. The lowest BCUT2D eigenvalue weighted by Gasteiger charge is -2.32. The first kappa shape index (κ1) is 12.2. The Balaban J connectivity index is 2.16. The second kappa shape index (κ2) is 3.59. The highest BCUT2D eigenvalue weighted by Crippen LogP contribution is 2.40. The van der Waals surface area contributed by atoms with Gasteiger partial charge in [-0.05, 0) is 47.1 Å². The molecule has 1 unspecified atom stereocenters. The van der Waals surface area contributed by atoms with E-state index in [1.54, 1.807) is 0 Å². The zero-order chi connectivity index (χ0) is 12.1. The first-order valence-corrected chi connectivity index (χ1v) is 6.00. The standard InChI is InChI=1S/C12H22BNO2/c1-9-10(7-8-14(9)6)13-15-11(2,3)12(4,5)16-13/h7,9H,8H2,1-6H3. The van der Waals surface area contributed by atoms with Crippen LogP contribution in [0.15, 0.2) is 11.5 Å². The van der Waals surface area contributed by atoms with E-state index < -0.39 is 0 Å². The summed E-state index contributed by atoms with van der Waals surface area (Å²) < 4.78 is 12.1. The Hall–Kier alpha value is -0.315. The molecular weight excluding hydrogens is 201 g/mol. The maximum absolute atomic E-state index is 6.05. The Morgan fingerprint density at radius 3 is 2.12 bits per heavy atom. The van der Waals surface area contributed by atoms with E-state index in [0.717, 1.165) is 6.54 Å². The summed E-state index contributed by atoms with van der Waals surface area (Å²) >= 11 is 0. The van der Waals surface area contributed by atoms with Gasteiger partial charge in [0.1, 0.15) is 0 Å². The highest BCUT2D eigenvalue weighted by atomic mass is 16.7. The van der Waals surface area contributed by atoms with Crippen molar-refractivity contribution in [1.29, 1.82) is 0 Å². The molecule has 16 heavy (non-hydrogen) atoms. The summed E-state index contributed by atoms with van der Waals surface area (Å²) in [5.74, 6) is 0. The van der Waals surface area contributed by atoms with Crippen LogP contribution in [0.4, 0.5) is 0 Å². The van der Waals surface area contributed by atoms with Crippen molar-refractivity contribution in [2.75, 3.05) is 13.6 Å². The van der Waals surface area contributed by atoms with E-state index in [9.17, 15) is 0 Å². The zero-order valence-corrected chi connectivity index (χ0v) is 11.2. The minimum Gasteiger partial charge on any atom is -0.400 e. The summed E-state index contributed by atoms with van der Waals surface area (Å²) in [6.45, 7) is 11.6. The Morgan fingerprint density at radius 2 is 1.75 bits per heavy atom. The predicted octanol–water partition coefficient (Wildman–Crippen LogP) is 1.88. The highest BCUT2D eigenvalue weighted by Gasteiger charge is 2.53. The zero-order valence-electron chi connectivity index (χ0n) is 11.2. The van der Waals surface area contributed by atoms with Crippen LogP contribution >= 0.6 is 0 Å². The lowest BCUT2D eigenvalue weighted by molar-refractivity contribution is 0.00578. The molecular formula is C12H22BNO2. The van der Waals surface area contributed by atoms with E-state index in [-0.39, 0.29) is 18.3 Å². The molecule has 0 amide bonds. The van der Waals surface area contributed by atoms with Crippen molar-refractivity contribution in [3.05, 3.63) is 11.5 Å². The first-order valence-electron chi connectivity index (χ1n) is 6.00. The molecule has 3 nitrogen and oxygen atoms in total. The van der Waals surface area contributed by atoms with Crippen LogP contribution in [-0.2, 0) is 9.31 Å². The quantitative estimate of drug-likeness (QED) is 0.633. The third kappa shape index (κ3) is 1.73. The summed E-state index contributed by atoms with van der Waals surface area (Å²) in [5.41, 5.74) is 0.792. The Morgan fingerprint density at radius 1 is 1.25 bits per heavy atom. The van der Waals surface area contributed by atoms with Crippen molar-refractivity contribution in [2.24, 2.45) is 0 Å². The van der Waals surface area contributed by atoms with Crippen molar-refractivity contribution >= 4 is 7.12 Å². The van der Waals surface area contributed by atoms with Gasteiger partial charge in [-0.3, -0.25) is 4.90 Å². The van der Waals surface area contributed by atoms with Crippen LogP contribution in [0.1, 0.15) is 34.6 Å². The molecule has 0 aromatic rings. The second-order valence-corrected chi connectivity index (χ2v) is 5.91. The molecule has 2 rings (SSSR count). The van der Waals surface area contributed by atoms with Crippen LogP contribution in [0.5, 0.6) is 0 Å². The molecule has 0 aliphatic carbocycles. The molecule has 2 aliphatic rings. The molecule has 1 saturated heterocycles. The van der Waals surface area contributed by atoms with Crippen LogP contribution in [-0.4, -0.2) is 42.9 Å². The Bertz CT molecular complexity index is 309. The van der Waals surface area contributed by atoms with Gasteiger partial charge < -0.3 is 9.31 Å². The van der Waals surface area contributed by atoms with E-state index >= 15 is 0 Å². The van der Waals surface area contributed by atoms with Crippen molar-refractivity contribution in [2.45, 2.75) is 51.9 Å². The molecule has 0 N–H and O–H groups in total. The fraction of sp³-hybridized carbons (Fsp3) is 0.833. The fourth-order valence-corrected chi connectivity index (χ4v) is 2.10. The predicted molar refractivity (Wildman–Crippen MR) is 66.3 cm³/mol. The summed E-state index contributed by atoms with van der Waals surface area (Å²) in [7, 11) is 1.95. The van der Waals surface area contributed by atoms with Gasteiger partial charge in [-0.15, -0.1) is 0 Å². The molecule has 2 aliphatic heterocycles. The molecule has 1 fully saturated rings. The Labute approximate surface area is 98.9 Å². The van der Waals surface area contributed by atoms with Crippen LogP contribution in [0, 0.1) is 0 Å². The minimum atomic E-state index is -0.237. The lowest BCUT2D eigenvalue weighted by Crippen LogP contribution is -2.41. The molecule has 0 radical (unpaired) electrons. The molecule has 0 aromatic carbocycles. The number of hydrogen-bond acceptors (Lipinski definition) is 3. The lowest BCUT2D eigenvalue weighted by atomic mass is 9.75. The van der Waals surface area contributed by atoms with Crippen LogP contribution in [0.25, 0.3) is 0 Å². The monoisotopic (exact) mass is 223 g/mol. The van der Waals surface area contributed by atoms with Crippen molar-refractivity contribution in [3.63, 3.8) is 0 Å². The van der Waals surface area contributed by atoms with E-state index in [0.29, 0.717) is 6.04 Å². The van der Waals surface area contributed by atoms with Crippen LogP contribution in [0.3, 0.4) is 0 Å². The van der Waals surface area contributed by atoms with Crippen molar-refractivity contribution in [1.82, 2.24) is 4.90 Å². The largest absolute Gasteiger partial charge is 0.491 e. The van der Waals surface area contributed by atoms with E-state index in [4.69, 9.17) is 9.31 Å². The van der Waals surface area contributed by atoms with Gasteiger partial charge in [0.05, 0.1) is 11.2 Å². The van der Waals surface area contributed by atoms with Gasteiger partial charge in [0.2, 0.25) is 0 Å². The molecule has 0 bridgehead atoms. The van der Waals surface area contributed by atoms with Gasteiger partial charge in [-0.25, -0.2) is 0 Å². The molecule has 90 valence electrons. The number of nitrogens with zero attached hydrogens (tertiary/aromatic N) is 1. The van der Waals surface area contributed by atoms with Crippen molar-refractivity contribution < 1.29 is 9.31 Å². The average molecular weight is 223 g/mol. The van der Waals surface area contributed by atoms with Gasteiger partial charge in [0.15, 0.2) is 0 Å². The molecule has 0 aromatic heterocycles. The molecule has 1 atom stereocenters. The van der Waals surface area contributed by atoms with Crippen LogP contribution in [0.2, 0.25) is 0 Å². The summed E-state index contributed by atoms with van der Waals surface area (Å²) in [6.07, 6.45) is 2.23. The van der Waals surface area contributed by atoms with E-state index in [1.807, 2.05) is 0 Å². The number of hydrogen-bond donors (Lipinski definition) is 0. The van der Waals surface area contributed by atoms with Crippen molar-refractivity contribution in [3.8, 4) is 0 Å². The highest BCUT2D eigenvalue weighted by molar-refractivity contribution is 6.55.